The van der Waals surface area contributed by atoms with E-state index in [2.05, 4.69) is 25.9 Å². The van der Waals surface area contributed by atoms with E-state index in [9.17, 15) is 29.4 Å². The number of aliphatic carboxylic acids is 1. The predicted molar refractivity (Wildman–Crippen MR) is 119 cm³/mol. The zero-order valence-electron chi connectivity index (χ0n) is 18.9. The number of aliphatic hydroxyl groups is 1. The smallest absolute Gasteiger partial charge is 0.326 e. The van der Waals surface area contributed by atoms with Gasteiger partial charge in [-0.25, -0.2) is 9.78 Å². The van der Waals surface area contributed by atoms with E-state index < -0.39 is 54.5 Å². The highest BCUT2D eigenvalue weighted by atomic mass is 16.4. The molecule has 13 nitrogen and oxygen atoms in total. The summed E-state index contributed by atoms with van der Waals surface area (Å²) in [5.74, 6) is -3.56. The van der Waals surface area contributed by atoms with E-state index in [4.69, 9.17) is 11.5 Å². The Labute approximate surface area is 192 Å². The van der Waals surface area contributed by atoms with Crippen LogP contribution in [0.25, 0.3) is 0 Å². The summed E-state index contributed by atoms with van der Waals surface area (Å²) in [5, 5.41) is 26.3. The Kier molecular flexibility index (Phi) is 12.0. The molecule has 0 aliphatic rings. The van der Waals surface area contributed by atoms with Crippen molar-refractivity contribution in [1.82, 2.24) is 25.9 Å². The van der Waals surface area contributed by atoms with Crippen LogP contribution in [0.5, 0.6) is 0 Å². The summed E-state index contributed by atoms with van der Waals surface area (Å²) >= 11 is 0. The highest BCUT2D eigenvalue weighted by molar-refractivity contribution is 5.94. The molecule has 0 aliphatic carbocycles. The first kappa shape index (κ1) is 28.0. The monoisotopic (exact) mass is 469 g/mol. The summed E-state index contributed by atoms with van der Waals surface area (Å²) in [6.07, 6.45) is 4.12. The SMILES string of the molecule is CC(C)C(N)C(=O)NC(CCCCN)C(=O)NC(CO)C(=O)NC(Cc1cnc[nH]1)C(=O)O. The highest BCUT2D eigenvalue weighted by Gasteiger charge is 2.30. The lowest BCUT2D eigenvalue weighted by Crippen LogP contribution is -2.58. The first-order valence-corrected chi connectivity index (χ1v) is 10.8. The van der Waals surface area contributed by atoms with Crippen LogP contribution in [-0.2, 0) is 25.6 Å². The molecule has 0 aliphatic heterocycles. The first-order valence-electron chi connectivity index (χ1n) is 10.8. The number of carbonyl (C=O) groups is 4. The number of aliphatic hydroxyl groups excluding tert-OH is 1. The number of hydrogen-bond acceptors (Lipinski definition) is 8. The minimum Gasteiger partial charge on any atom is -0.480 e. The van der Waals surface area contributed by atoms with Crippen LogP contribution in [0.4, 0.5) is 0 Å². The van der Waals surface area contributed by atoms with Gasteiger partial charge in [-0.1, -0.05) is 13.8 Å². The fraction of sp³-hybridized carbons (Fsp3) is 0.650. The minimum atomic E-state index is -1.42. The number of carbonyl (C=O) groups excluding carboxylic acids is 3. The van der Waals surface area contributed by atoms with Crippen molar-refractivity contribution in [2.45, 2.75) is 63.7 Å². The Balaban J connectivity index is 2.84. The summed E-state index contributed by atoms with van der Waals surface area (Å²) in [4.78, 5) is 55.8. The maximum absolute atomic E-state index is 12.8. The number of nitrogens with two attached hydrogens (primary N) is 2. The van der Waals surface area contributed by atoms with Gasteiger partial charge in [-0.3, -0.25) is 14.4 Å². The molecule has 0 radical (unpaired) electrons. The van der Waals surface area contributed by atoms with E-state index in [-0.39, 0.29) is 18.8 Å². The normalized spacial score (nSPS) is 14.7. The van der Waals surface area contributed by atoms with Crippen LogP contribution in [-0.4, -0.2) is 81.2 Å². The maximum Gasteiger partial charge on any atom is 0.326 e. The number of aromatic amines is 1. The van der Waals surface area contributed by atoms with E-state index in [1.807, 2.05) is 0 Å². The Morgan fingerprint density at radius 1 is 1.03 bits per heavy atom. The number of carboxylic acid groups (broad SMARTS) is 1. The largest absolute Gasteiger partial charge is 0.480 e. The van der Waals surface area contributed by atoms with E-state index in [0.29, 0.717) is 25.1 Å². The second-order valence-electron chi connectivity index (χ2n) is 8.04. The van der Waals surface area contributed by atoms with Gasteiger partial charge < -0.3 is 42.6 Å². The third kappa shape index (κ3) is 9.55. The summed E-state index contributed by atoms with van der Waals surface area (Å²) in [5.41, 5.74) is 11.8. The molecule has 0 saturated heterocycles. The molecule has 1 aromatic rings. The van der Waals surface area contributed by atoms with Crippen molar-refractivity contribution in [2.75, 3.05) is 13.2 Å². The lowest BCUT2D eigenvalue weighted by molar-refractivity contribution is -0.142. The first-order chi connectivity index (χ1) is 15.6. The number of aromatic nitrogens is 2. The number of imidazole rings is 1. The molecular weight excluding hydrogens is 434 g/mol. The van der Waals surface area contributed by atoms with Crippen molar-refractivity contribution >= 4 is 23.7 Å². The van der Waals surface area contributed by atoms with Crippen molar-refractivity contribution < 1.29 is 29.4 Å². The molecule has 0 bridgehead atoms. The molecule has 33 heavy (non-hydrogen) atoms. The molecule has 186 valence electrons. The summed E-state index contributed by atoms with van der Waals surface area (Å²) < 4.78 is 0. The standard InChI is InChI=1S/C20H35N7O6/c1-11(2)16(22)19(31)25-13(5-3-4-6-21)17(29)27-15(9-28)18(30)26-14(20(32)33)7-12-8-23-10-24-12/h8,10-11,13-16,28H,3-7,9,21-22H2,1-2H3,(H,23,24)(H,25,31)(H,26,30)(H,27,29)(H,32,33). The summed E-state index contributed by atoms with van der Waals surface area (Å²) in [6.45, 7) is 3.16. The third-order valence-corrected chi connectivity index (χ3v) is 5.01. The zero-order chi connectivity index (χ0) is 25.0. The van der Waals surface area contributed by atoms with Crippen molar-refractivity contribution in [3.05, 3.63) is 18.2 Å². The minimum absolute atomic E-state index is 0.0714. The fourth-order valence-corrected chi connectivity index (χ4v) is 2.89. The molecule has 0 fully saturated rings. The van der Waals surface area contributed by atoms with Gasteiger partial charge in [0.2, 0.25) is 17.7 Å². The van der Waals surface area contributed by atoms with Crippen LogP contribution < -0.4 is 27.4 Å². The lowest BCUT2D eigenvalue weighted by Gasteiger charge is -2.25. The number of unbranched alkanes of at least 4 members (excludes halogenated alkanes) is 1. The van der Waals surface area contributed by atoms with E-state index in [1.54, 1.807) is 13.8 Å². The Hall–Kier alpha value is -3.03. The van der Waals surface area contributed by atoms with Crippen LogP contribution in [0.1, 0.15) is 38.8 Å². The number of rotatable bonds is 15. The van der Waals surface area contributed by atoms with Gasteiger partial charge in [0.1, 0.15) is 18.1 Å². The molecule has 4 atom stereocenters. The number of nitrogens with one attached hydrogen (secondary N) is 4. The van der Waals surface area contributed by atoms with E-state index >= 15 is 0 Å². The number of hydrogen-bond donors (Lipinski definition) is 8. The van der Waals surface area contributed by atoms with Gasteiger partial charge in [-0.2, -0.15) is 0 Å². The molecule has 0 aromatic carbocycles. The van der Waals surface area contributed by atoms with Crippen LogP contribution in [0.3, 0.4) is 0 Å². The topological polar surface area (TPSA) is 226 Å². The molecule has 0 saturated carbocycles. The van der Waals surface area contributed by atoms with Crippen LogP contribution >= 0.6 is 0 Å². The second-order valence-corrected chi connectivity index (χ2v) is 8.04. The highest BCUT2D eigenvalue weighted by Crippen LogP contribution is 2.05. The molecule has 1 aromatic heterocycles. The predicted octanol–water partition coefficient (Wildman–Crippen LogP) is -2.40. The third-order valence-electron chi connectivity index (χ3n) is 5.01. The average molecular weight is 470 g/mol. The van der Waals surface area contributed by atoms with Gasteiger partial charge >= 0.3 is 5.97 Å². The number of H-pyrrole nitrogens is 1. The molecule has 3 amide bonds. The molecule has 0 spiro atoms. The number of amides is 3. The molecule has 1 rings (SSSR count). The summed E-state index contributed by atoms with van der Waals surface area (Å²) in [6, 6.07) is -4.57. The van der Waals surface area contributed by atoms with Gasteiger partial charge in [-0.05, 0) is 31.7 Å². The van der Waals surface area contributed by atoms with Gasteiger partial charge in [-0.15, -0.1) is 0 Å². The zero-order valence-corrected chi connectivity index (χ0v) is 18.9. The van der Waals surface area contributed by atoms with E-state index in [1.165, 1.54) is 12.5 Å². The number of nitrogens with zero attached hydrogens (tertiary/aromatic N) is 1. The van der Waals surface area contributed by atoms with Gasteiger partial charge in [0.15, 0.2) is 0 Å². The molecular formula is C20H35N7O6. The van der Waals surface area contributed by atoms with Crippen LogP contribution in [0.15, 0.2) is 12.5 Å². The van der Waals surface area contributed by atoms with E-state index in [0.717, 1.165) is 0 Å². The van der Waals surface area contributed by atoms with Gasteiger partial charge in [0.05, 0.1) is 19.0 Å². The van der Waals surface area contributed by atoms with Crippen molar-refractivity contribution in [1.29, 1.82) is 0 Å². The van der Waals surface area contributed by atoms with Crippen LogP contribution in [0.2, 0.25) is 0 Å². The maximum atomic E-state index is 12.8. The Bertz CT molecular complexity index is 771. The molecule has 13 heteroatoms. The molecule has 10 N–H and O–H groups in total. The quantitative estimate of drug-likeness (QED) is 0.128. The molecule has 4 unspecified atom stereocenters. The number of carboxylic acids is 1. The Morgan fingerprint density at radius 2 is 1.64 bits per heavy atom. The van der Waals surface area contributed by atoms with Gasteiger partial charge in [0.25, 0.3) is 0 Å². The average Bonchev–Trinajstić information content (AvgIpc) is 3.28. The Morgan fingerprint density at radius 3 is 2.15 bits per heavy atom. The van der Waals surface area contributed by atoms with Crippen LogP contribution in [0, 0.1) is 5.92 Å². The van der Waals surface area contributed by atoms with Crippen molar-refractivity contribution in [3.8, 4) is 0 Å². The fourth-order valence-electron chi connectivity index (χ4n) is 2.89. The van der Waals surface area contributed by atoms with Crippen molar-refractivity contribution in [3.63, 3.8) is 0 Å². The van der Waals surface area contributed by atoms with Crippen molar-refractivity contribution in [2.24, 2.45) is 17.4 Å². The summed E-state index contributed by atoms with van der Waals surface area (Å²) in [7, 11) is 0. The lowest BCUT2D eigenvalue weighted by atomic mass is 10.0. The second kappa shape index (κ2) is 14.2. The van der Waals surface area contributed by atoms with Gasteiger partial charge in [0, 0.05) is 18.3 Å². The molecule has 1 heterocycles.